The highest BCUT2D eigenvalue weighted by atomic mass is 16.7. The van der Waals surface area contributed by atoms with Gasteiger partial charge in [-0.3, -0.25) is 0 Å². The number of aliphatic hydroxyl groups excluding tert-OH is 6. The van der Waals surface area contributed by atoms with E-state index < -0.39 is 68.0 Å². The van der Waals surface area contributed by atoms with Crippen LogP contribution < -0.4 is 14.2 Å². The van der Waals surface area contributed by atoms with Crippen LogP contribution in [-0.4, -0.2) is 111 Å². The zero-order valence-electron chi connectivity index (χ0n) is 16.9. The summed E-state index contributed by atoms with van der Waals surface area (Å²) in [5, 5.41) is 70.5. The second kappa shape index (κ2) is 9.13. The molecular formula is C19H26O13. The van der Waals surface area contributed by atoms with E-state index in [-0.39, 0.29) is 18.3 Å². The highest BCUT2D eigenvalue weighted by Gasteiger charge is 2.47. The van der Waals surface area contributed by atoms with E-state index in [1.54, 1.807) is 0 Å². The van der Waals surface area contributed by atoms with Gasteiger partial charge in [-0.15, -0.1) is 0 Å². The molecule has 4 rings (SSSR count). The van der Waals surface area contributed by atoms with Crippen LogP contribution in [0.1, 0.15) is 6.92 Å². The van der Waals surface area contributed by atoms with Gasteiger partial charge < -0.3 is 64.2 Å². The molecule has 3 heterocycles. The van der Waals surface area contributed by atoms with Crippen molar-refractivity contribution in [3.63, 3.8) is 0 Å². The summed E-state index contributed by atoms with van der Waals surface area (Å²) >= 11 is 0. The van der Waals surface area contributed by atoms with Crippen molar-refractivity contribution in [3.8, 4) is 23.0 Å². The van der Waals surface area contributed by atoms with Crippen LogP contribution in [-0.2, 0) is 14.2 Å². The molecule has 1 aromatic carbocycles. The van der Waals surface area contributed by atoms with Crippen molar-refractivity contribution in [2.45, 2.75) is 68.3 Å². The van der Waals surface area contributed by atoms with Crippen LogP contribution in [0, 0.1) is 0 Å². The molecule has 32 heavy (non-hydrogen) atoms. The van der Waals surface area contributed by atoms with Crippen molar-refractivity contribution < 1.29 is 64.2 Å². The van der Waals surface area contributed by atoms with Crippen LogP contribution in [0.3, 0.4) is 0 Å². The van der Waals surface area contributed by atoms with Gasteiger partial charge in [0.1, 0.15) is 42.7 Å². The van der Waals surface area contributed by atoms with Gasteiger partial charge in [0, 0.05) is 12.1 Å². The van der Waals surface area contributed by atoms with Crippen LogP contribution in [0.5, 0.6) is 23.0 Å². The molecule has 13 nitrogen and oxygen atoms in total. The molecule has 3 aliphatic rings. The third kappa shape index (κ3) is 4.31. The second-order valence-corrected chi connectivity index (χ2v) is 7.82. The van der Waals surface area contributed by atoms with Crippen LogP contribution in [0.15, 0.2) is 12.1 Å². The number of aromatic hydroxyl groups is 1. The first-order valence-corrected chi connectivity index (χ1v) is 9.97. The Balaban J connectivity index is 1.43. The molecule has 10 atom stereocenters. The number of aliphatic hydroxyl groups is 6. The Morgan fingerprint density at radius 2 is 1.44 bits per heavy atom. The molecule has 2 saturated heterocycles. The van der Waals surface area contributed by atoms with E-state index in [1.807, 2.05) is 0 Å². The number of ether oxygens (including phenoxy) is 6. The van der Waals surface area contributed by atoms with Crippen LogP contribution >= 0.6 is 0 Å². The average molecular weight is 462 g/mol. The molecule has 0 saturated carbocycles. The summed E-state index contributed by atoms with van der Waals surface area (Å²) in [5.41, 5.74) is 0. The molecule has 0 amide bonds. The summed E-state index contributed by atoms with van der Waals surface area (Å²) in [6.45, 7) is 1.00. The molecule has 0 aromatic heterocycles. The van der Waals surface area contributed by atoms with Crippen molar-refractivity contribution in [1.82, 2.24) is 0 Å². The Bertz CT molecular complexity index is 806. The molecular weight excluding hydrogens is 436 g/mol. The summed E-state index contributed by atoms with van der Waals surface area (Å²) in [6, 6.07) is 2.57. The Labute approximate surface area is 181 Å². The van der Waals surface area contributed by atoms with Crippen LogP contribution in [0.2, 0.25) is 0 Å². The first kappa shape index (κ1) is 23.2. The van der Waals surface area contributed by atoms with Gasteiger partial charge in [-0.1, -0.05) is 0 Å². The van der Waals surface area contributed by atoms with Crippen molar-refractivity contribution in [1.29, 1.82) is 0 Å². The maximum Gasteiger partial charge on any atom is 0.231 e. The van der Waals surface area contributed by atoms with E-state index in [0.29, 0.717) is 11.5 Å². The quantitative estimate of drug-likeness (QED) is 0.236. The number of phenols is 1. The minimum absolute atomic E-state index is 0.0372. The molecule has 0 bridgehead atoms. The first-order valence-electron chi connectivity index (χ1n) is 9.97. The van der Waals surface area contributed by atoms with Gasteiger partial charge >= 0.3 is 0 Å². The molecule has 0 spiro atoms. The Morgan fingerprint density at radius 1 is 0.812 bits per heavy atom. The number of benzene rings is 1. The molecule has 0 radical (unpaired) electrons. The summed E-state index contributed by atoms with van der Waals surface area (Å²) in [7, 11) is 0. The number of hydrogen-bond acceptors (Lipinski definition) is 13. The fourth-order valence-corrected chi connectivity index (χ4v) is 3.62. The summed E-state index contributed by atoms with van der Waals surface area (Å²) in [4.78, 5) is 0. The summed E-state index contributed by atoms with van der Waals surface area (Å²) in [5.74, 6) is 0.133. The molecule has 13 heteroatoms. The minimum Gasteiger partial charge on any atom is -0.504 e. The second-order valence-electron chi connectivity index (χ2n) is 7.82. The predicted octanol–water partition coefficient (Wildman–Crippen LogP) is -2.85. The molecule has 7 N–H and O–H groups in total. The van der Waals surface area contributed by atoms with Gasteiger partial charge in [-0.05, 0) is 6.92 Å². The van der Waals surface area contributed by atoms with Gasteiger partial charge in [0.2, 0.25) is 13.1 Å². The monoisotopic (exact) mass is 462 g/mol. The van der Waals surface area contributed by atoms with Crippen molar-refractivity contribution in [2.24, 2.45) is 0 Å². The highest BCUT2D eigenvalue weighted by molar-refractivity contribution is 5.54. The van der Waals surface area contributed by atoms with Crippen LogP contribution in [0.25, 0.3) is 0 Å². The normalized spacial score (nSPS) is 41.5. The number of phenolic OH excluding ortho intramolecular Hbond substituents is 1. The molecule has 1 aromatic rings. The number of hydrogen-bond donors (Lipinski definition) is 7. The average Bonchev–Trinajstić information content (AvgIpc) is 3.22. The van der Waals surface area contributed by atoms with E-state index >= 15 is 0 Å². The van der Waals surface area contributed by atoms with Gasteiger partial charge in [0.05, 0.1) is 12.7 Å². The molecule has 3 aliphatic heterocycles. The van der Waals surface area contributed by atoms with Gasteiger partial charge in [0.25, 0.3) is 0 Å². The Kier molecular flexibility index (Phi) is 6.63. The van der Waals surface area contributed by atoms with Gasteiger partial charge in [0.15, 0.2) is 29.3 Å². The lowest BCUT2D eigenvalue weighted by molar-refractivity contribution is -0.318. The fraction of sp³-hybridized carbons (Fsp3) is 0.684. The van der Waals surface area contributed by atoms with E-state index in [0.717, 1.165) is 0 Å². The first-order chi connectivity index (χ1) is 15.2. The summed E-state index contributed by atoms with van der Waals surface area (Å²) in [6.07, 6.45) is -14.3. The van der Waals surface area contributed by atoms with Crippen molar-refractivity contribution >= 4 is 0 Å². The minimum atomic E-state index is -1.69. The van der Waals surface area contributed by atoms with E-state index in [9.17, 15) is 35.7 Å². The van der Waals surface area contributed by atoms with Crippen LogP contribution in [0.4, 0.5) is 0 Å². The molecule has 0 unspecified atom stereocenters. The van der Waals surface area contributed by atoms with E-state index in [4.69, 9.17) is 28.4 Å². The lowest BCUT2D eigenvalue weighted by Crippen LogP contribution is -2.61. The van der Waals surface area contributed by atoms with Gasteiger partial charge in [-0.25, -0.2) is 0 Å². The SMILES string of the molecule is C[C@@H]1O[C@@H](OC[C@H]2O[C@@H](Oc3cc4c(cc3O)OCO4)[C@H](O)[C@@H](O)[C@@H]2O)[C@H](O)[C@H](O)[C@H]1O. The predicted molar refractivity (Wildman–Crippen MR) is 99.8 cm³/mol. The fourth-order valence-electron chi connectivity index (χ4n) is 3.62. The number of rotatable bonds is 5. The zero-order valence-corrected chi connectivity index (χ0v) is 16.9. The maximum absolute atomic E-state index is 10.3. The largest absolute Gasteiger partial charge is 0.504 e. The molecule has 0 aliphatic carbocycles. The third-order valence-corrected chi connectivity index (χ3v) is 5.60. The smallest absolute Gasteiger partial charge is 0.231 e. The highest BCUT2D eigenvalue weighted by Crippen LogP contribution is 2.42. The lowest BCUT2D eigenvalue weighted by atomic mass is 9.98. The zero-order chi connectivity index (χ0) is 23.2. The maximum atomic E-state index is 10.3. The van der Waals surface area contributed by atoms with E-state index in [2.05, 4.69) is 0 Å². The molecule has 180 valence electrons. The number of fused-ring (bicyclic) bond motifs is 1. The lowest BCUT2D eigenvalue weighted by Gasteiger charge is -2.42. The third-order valence-electron chi connectivity index (χ3n) is 5.60. The Hall–Kier alpha value is -1.94. The molecule has 2 fully saturated rings. The summed E-state index contributed by atoms with van der Waals surface area (Å²) < 4.78 is 32.1. The van der Waals surface area contributed by atoms with E-state index in [1.165, 1.54) is 19.1 Å². The topological polar surface area (TPSA) is 197 Å². The standard InChI is InChI=1S/C19H26O13/c1-6-12(21)14(23)16(25)18(30-6)27-4-11-13(22)15(24)17(26)19(32-11)31-8-3-10-9(2-7(8)20)28-5-29-10/h2-3,6,11-26H,4-5H2,1H3/t6-,11+,12-,13+,14+,15-,16+,17+,18+,19+/m0/s1. The Morgan fingerprint density at radius 3 is 2.16 bits per heavy atom. The van der Waals surface area contributed by atoms with Gasteiger partial charge in [-0.2, -0.15) is 0 Å². The van der Waals surface area contributed by atoms with Crippen molar-refractivity contribution in [3.05, 3.63) is 12.1 Å². The van der Waals surface area contributed by atoms with Crippen molar-refractivity contribution in [2.75, 3.05) is 13.4 Å².